The van der Waals surface area contributed by atoms with Crippen LogP contribution in [0.5, 0.6) is 0 Å². The first kappa shape index (κ1) is 13.8. The Kier molecular flexibility index (Phi) is 3.86. The predicted octanol–water partition coefficient (Wildman–Crippen LogP) is 2.41. The van der Waals surface area contributed by atoms with E-state index >= 15 is 0 Å². The maximum Gasteiger partial charge on any atom is 0.435 e. The highest BCUT2D eigenvalue weighted by Gasteiger charge is 2.14. The van der Waals surface area contributed by atoms with Crippen molar-refractivity contribution in [2.75, 3.05) is 14.1 Å². The fraction of sp³-hybridized carbons (Fsp3) is 0.167. The van der Waals surface area contributed by atoms with Crippen LogP contribution in [0, 0.1) is 11.3 Å². The number of hydrogen-bond acceptors (Lipinski definition) is 6. The lowest BCUT2D eigenvalue weighted by Crippen LogP contribution is -2.21. The van der Waals surface area contributed by atoms with Crippen LogP contribution in [0.15, 0.2) is 27.8 Å². The highest BCUT2D eigenvalue weighted by Crippen LogP contribution is 2.20. The summed E-state index contributed by atoms with van der Waals surface area (Å²) >= 11 is 5.83. The van der Waals surface area contributed by atoms with Gasteiger partial charge >= 0.3 is 6.09 Å². The Labute approximate surface area is 119 Å². The summed E-state index contributed by atoms with van der Waals surface area (Å²) in [5.74, 6) is -0.0451. The second-order valence-corrected chi connectivity index (χ2v) is 4.37. The molecule has 0 aliphatic heterocycles. The van der Waals surface area contributed by atoms with E-state index in [1.165, 1.54) is 19.0 Å². The number of oxime groups is 1. The topological polar surface area (TPSA) is 91.7 Å². The summed E-state index contributed by atoms with van der Waals surface area (Å²) in [6.45, 7) is 0. The number of carbonyl (C=O) groups excluding carboxylic acids is 1. The first-order chi connectivity index (χ1) is 9.51. The van der Waals surface area contributed by atoms with Gasteiger partial charge in [0.1, 0.15) is 11.6 Å². The fourth-order valence-corrected chi connectivity index (χ4v) is 1.44. The van der Waals surface area contributed by atoms with Crippen LogP contribution in [0.2, 0.25) is 5.02 Å². The van der Waals surface area contributed by atoms with Gasteiger partial charge in [0, 0.05) is 19.1 Å². The Hall–Kier alpha value is -2.59. The minimum atomic E-state index is -0.711. The molecule has 0 unspecified atom stereocenters. The van der Waals surface area contributed by atoms with Crippen LogP contribution < -0.4 is 0 Å². The zero-order valence-corrected chi connectivity index (χ0v) is 11.4. The molecule has 2 rings (SSSR count). The quantitative estimate of drug-likeness (QED) is 0.481. The van der Waals surface area contributed by atoms with Crippen molar-refractivity contribution in [2.45, 2.75) is 0 Å². The second kappa shape index (κ2) is 5.59. The molecule has 0 aliphatic carbocycles. The van der Waals surface area contributed by atoms with E-state index in [2.05, 4.69) is 15.0 Å². The van der Waals surface area contributed by atoms with Crippen molar-refractivity contribution in [3.05, 3.63) is 29.1 Å². The molecule has 1 aromatic heterocycles. The Morgan fingerprint density at radius 1 is 1.55 bits per heavy atom. The summed E-state index contributed by atoms with van der Waals surface area (Å²) in [6.07, 6.45) is -0.711. The fourth-order valence-electron chi connectivity index (χ4n) is 1.28. The van der Waals surface area contributed by atoms with Gasteiger partial charge < -0.3 is 9.32 Å². The molecule has 0 aliphatic rings. The summed E-state index contributed by atoms with van der Waals surface area (Å²) in [7, 11) is 2.98. The van der Waals surface area contributed by atoms with E-state index in [1.54, 1.807) is 24.3 Å². The molecular formula is C12H9ClN4O3. The summed E-state index contributed by atoms with van der Waals surface area (Å²) < 4.78 is 5.34. The molecule has 0 radical (unpaired) electrons. The van der Waals surface area contributed by atoms with Gasteiger partial charge in [-0.3, -0.25) is 4.84 Å². The molecule has 20 heavy (non-hydrogen) atoms. The molecule has 0 bridgehead atoms. The van der Waals surface area contributed by atoms with Crippen LogP contribution in [0.4, 0.5) is 4.79 Å². The molecule has 102 valence electrons. The van der Waals surface area contributed by atoms with Crippen LogP contribution in [-0.4, -0.2) is 35.8 Å². The molecule has 0 spiro atoms. The van der Waals surface area contributed by atoms with Crippen molar-refractivity contribution >= 4 is 34.5 Å². The lowest BCUT2D eigenvalue weighted by molar-refractivity contribution is 0.122. The number of hydrogen-bond donors (Lipinski definition) is 0. The van der Waals surface area contributed by atoms with Gasteiger partial charge in [0.25, 0.3) is 5.89 Å². The Morgan fingerprint density at radius 2 is 2.30 bits per heavy atom. The Morgan fingerprint density at radius 3 is 2.95 bits per heavy atom. The largest absolute Gasteiger partial charge is 0.435 e. The molecular weight excluding hydrogens is 284 g/mol. The van der Waals surface area contributed by atoms with Crippen LogP contribution >= 0.6 is 11.6 Å². The number of nitrogens with zero attached hydrogens (tertiary/aromatic N) is 4. The molecule has 0 fully saturated rings. The molecule has 1 aromatic carbocycles. The number of fused-ring (bicyclic) bond motifs is 1. The van der Waals surface area contributed by atoms with Crippen molar-refractivity contribution in [1.82, 2.24) is 9.88 Å². The minimum Gasteiger partial charge on any atom is -0.434 e. The third-order valence-electron chi connectivity index (χ3n) is 2.24. The van der Waals surface area contributed by atoms with E-state index in [0.717, 1.165) is 0 Å². The monoisotopic (exact) mass is 292 g/mol. The van der Waals surface area contributed by atoms with E-state index in [4.69, 9.17) is 21.3 Å². The number of carbonyl (C=O) groups is 1. The van der Waals surface area contributed by atoms with E-state index in [-0.39, 0.29) is 11.6 Å². The van der Waals surface area contributed by atoms with Gasteiger partial charge in [-0.1, -0.05) is 16.8 Å². The first-order valence-electron chi connectivity index (χ1n) is 5.44. The van der Waals surface area contributed by atoms with Gasteiger partial charge in [-0.25, -0.2) is 9.78 Å². The highest BCUT2D eigenvalue weighted by atomic mass is 35.5. The van der Waals surface area contributed by atoms with Gasteiger partial charge in [0.05, 0.1) is 0 Å². The second-order valence-electron chi connectivity index (χ2n) is 3.93. The lowest BCUT2D eigenvalue weighted by Gasteiger charge is -2.05. The Bertz CT molecular complexity index is 730. The maximum absolute atomic E-state index is 11.2. The van der Waals surface area contributed by atoms with Gasteiger partial charge in [-0.2, -0.15) is 5.26 Å². The summed E-state index contributed by atoms with van der Waals surface area (Å²) in [5.41, 5.74) is 0.688. The first-order valence-corrected chi connectivity index (χ1v) is 5.82. The number of aromatic nitrogens is 1. The number of rotatable bonds is 2. The van der Waals surface area contributed by atoms with Crippen LogP contribution in [0.25, 0.3) is 11.1 Å². The van der Waals surface area contributed by atoms with E-state index in [0.29, 0.717) is 16.1 Å². The lowest BCUT2D eigenvalue weighted by atomic mass is 10.3. The SMILES string of the molecule is CN(C)C(=O)O/N=C(\C#N)c1nc2cc(Cl)ccc2o1. The molecule has 2 aromatic rings. The summed E-state index contributed by atoms with van der Waals surface area (Å²) in [4.78, 5) is 21.0. The zero-order valence-electron chi connectivity index (χ0n) is 10.6. The van der Waals surface area contributed by atoms with Crippen molar-refractivity contribution in [2.24, 2.45) is 5.16 Å². The molecule has 0 N–H and O–H groups in total. The van der Waals surface area contributed by atoms with E-state index in [1.807, 2.05) is 0 Å². The van der Waals surface area contributed by atoms with Crippen molar-refractivity contribution in [3.8, 4) is 6.07 Å². The van der Waals surface area contributed by atoms with Gasteiger partial charge in [-0.15, -0.1) is 0 Å². The summed E-state index contributed by atoms with van der Waals surface area (Å²) in [6, 6.07) is 6.59. The molecule has 0 atom stereocenters. The normalized spacial score (nSPS) is 11.2. The third kappa shape index (κ3) is 2.87. The van der Waals surface area contributed by atoms with E-state index in [9.17, 15) is 4.79 Å². The summed E-state index contributed by atoms with van der Waals surface area (Å²) in [5, 5.41) is 12.9. The van der Waals surface area contributed by atoms with Crippen molar-refractivity contribution < 1.29 is 14.0 Å². The average molecular weight is 293 g/mol. The molecule has 1 amide bonds. The average Bonchev–Trinajstić information content (AvgIpc) is 2.81. The van der Waals surface area contributed by atoms with E-state index < -0.39 is 6.09 Å². The molecule has 8 heteroatoms. The van der Waals surface area contributed by atoms with Gasteiger partial charge in [0.2, 0.25) is 5.71 Å². The molecule has 0 saturated carbocycles. The maximum atomic E-state index is 11.2. The zero-order chi connectivity index (χ0) is 14.7. The number of amides is 1. The van der Waals surface area contributed by atoms with Crippen LogP contribution in [-0.2, 0) is 4.84 Å². The standard InChI is InChI=1S/C12H9ClN4O3/c1-17(2)12(18)20-16-9(6-14)11-15-8-5-7(13)3-4-10(8)19-11/h3-5H,1-2H3/b16-9+. The number of oxazole rings is 1. The smallest absolute Gasteiger partial charge is 0.434 e. The number of nitriles is 1. The molecule has 1 heterocycles. The predicted molar refractivity (Wildman–Crippen MR) is 71.3 cm³/mol. The van der Waals surface area contributed by atoms with Crippen molar-refractivity contribution in [1.29, 1.82) is 5.26 Å². The van der Waals surface area contributed by atoms with Gasteiger partial charge in [-0.05, 0) is 18.2 Å². The molecule has 7 nitrogen and oxygen atoms in total. The van der Waals surface area contributed by atoms with Crippen molar-refractivity contribution in [3.63, 3.8) is 0 Å². The number of benzene rings is 1. The van der Waals surface area contributed by atoms with Crippen LogP contribution in [0.1, 0.15) is 5.89 Å². The van der Waals surface area contributed by atoms with Crippen LogP contribution in [0.3, 0.4) is 0 Å². The Balaban J connectivity index is 2.32. The third-order valence-corrected chi connectivity index (χ3v) is 2.47. The highest BCUT2D eigenvalue weighted by molar-refractivity contribution is 6.31. The van der Waals surface area contributed by atoms with Gasteiger partial charge in [0.15, 0.2) is 5.58 Å². The molecule has 0 saturated heterocycles. The minimum absolute atomic E-state index is 0.0451. The number of halogens is 1.